The summed E-state index contributed by atoms with van der Waals surface area (Å²) in [7, 11) is 0. The van der Waals surface area contributed by atoms with Gasteiger partial charge < -0.3 is 36.8 Å². The van der Waals surface area contributed by atoms with Crippen LogP contribution in [0, 0.1) is 5.92 Å². The number of aromatic amines is 1. The van der Waals surface area contributed by atoms with Gasteiger partial charge in [0.1, 0.15) is 14.6 Å². The van der Waals surface area contributed by atoms with Gasteiger partial charge in [0.25, 0.3) is 11.8 Å². The first-order chi connectivity index (χ1) is 37.6. The number of nitrogens with zero attached hydrogens (tertiary/aromatic N) is 8. The molecule has 3 amide bonds. The Hall–Kier alpha value is -7.43. The molecule has 4 atom stereocenters. The number of hydrogen-bond acceptors (Lipinski definition) is 16. The van der Waals surface area contributed by atoms with E-state index in [0.717, 1.165) is 65.9 Å². The Labute approximate surface area is 456 Å². The van der Waals surface area contributed by atoms with Crippen LogP contribution >= 0.6 is 34.0 Å². The highest BCUT2D eigenvalue weighted by atomic mass is 32.1. The van der Waals surface area contributed by atoms with Gasteiger partial charge in [0.05, 0.1) is 35.0 Å². The molecule has 18 nitrogen and oxygen atoms in total. The summed E-state index contributed by atoms with van der Waals surface area (Å²) >= 11 is 3.70. The van der Waals surface area contributed by atoms with E-state index in [0.29, 0.717) is 87.9 Å². The van der Waals surface area contributed by atoms with Crippen LogP contribution in [0.4, 0.5) is 22.2 Å². The maximum Gasteiger partial charge on any atom is 0.301 e. The standard InChI is InChI=1S/C56H58N14O4S3/c1-32(43-19-18-42-46(57)49(77-53(42)63-43)52(73)62-38-14-12-37-27-41(17-13-36(37)26-38)69-29-39-15-16-40(30-69)61-39)60-50(71)35-20-23-68(24-21-35)25-22-58-51(72)45-28-59-55(76-45)66-65-48-47(34-10-6-3-7-11-34)67-70(54(48)74)56-64-44(31-75-56)33-8-4-2-5-9-33/h2-11,13,17-19,27-28,31-32,35,38-40,61,67H,12,14-16,20-26,29-30,57H2,1H3,(H,58,72)(H,60,71)(H,62,73)/t32-,38-,39-,40+/m0/s1. The molecule has 8 aromatic rings. The molecule has 21 heteroatoms. The molecule has 0 unspecified atom stereocenters. The Morgan fingerprint density at radius 2 is 1.62 bits per heavy atom. The van der Waals surface area contributed by atoms with Crippen molar-refractivity contribution in [2.45, 2.75) is 76.0 Å². The number of azo groups is 1. The fraction of sp³-hybridized carbons (Fsp3) is 0.339. The molecule has 77 heavy (non-hydrogen) atoms. The van der Waals surface area contributed by atoms with Crippen LogP contribution in [0.1, 0.15) is 81.2 Å². The third-order valence-corrected chi connectivity index (χ3v) is 18.1. The second-order valence-electron chi connectivity index (χ2n) is 20.4. The Morgan fingerprint density at radius 1 is 0.857 bits per heavy atom. The molecule has 0 spiro atoms. The van der Waals surface area contributed by atoms with Gasteiger partial charge in [-0.05, 0) is 100 Å². The number of pyridine rings is 1. The third-order valence-electron chi connectivity index (χ3n) is 15.3. The van der Waals surface area contributed by atoms with Gasteiger partial charge >= 0.3 is 5.56 Å². The molecule has 12 rings (SSSR count). The molecular formula is C56H58N14O4S3. The lowest BCUT2D eigenvalue weighted by atomic mass is 9.87. The summed E-state index contributed by atoms with van der Waals surface area (Å²) in [5.74, 6) is -0.636. The van der Waals surface area contributed by atoms with E-state index in [2.05, 4.69) is 69.6 Å². The van der Waals surface area contributed by atoms with E-state index in [1.165, 1.54) is 63.2 Å². The normalized spacial score (nSPS) is 19.1. The zero-order chi connectivity index (χ0) is 52.6. The summed E-state index contributed by atoms with van der Waals surface area (Å²) in [6, 6.07) is 30.6. The molecule has 2 bridgehead atoms. The van der Waals surface area contributed by atoms with Gasteiger partial charge in [0.2, 0.25) is 16.2 Å². The number of nitrogens with two attached hydrogens (primary N) is 1. The number of carbonyl (C=O) groups excluding carboxylic acids is 3. The van der Waals surface area contributed by atoms with E-state index in [1.54, 1.807) is 0 Å². The van der Waals surface area contributed by atoms with Crippen molar-refractivity contribution in [2.75, 3.05) is 49.9 Å². The first kappa shape index (κ1) is 50.4. The average Bonchev–Trinajstić information content (AvgIpc) is 4.35. The molecule has 3 aromatic carbocycles. The fourth-order valence-corrected chi connectivity index (χ4v) is 13.5. The highest BCUT2D eigenvalue weighted by molar-refractivity contribution is 7.21. The second-order valence-corrected chi connectivity index (χ2v) is 23.2. The molecule has 394 valence electrons. The number of H-pyrrole nitrogens is 1. The number of thiazole rings is 2. The summed E-state index contributed by atoms with van der Waals surface area (Å²) in [4.78, 5) is 74.4. The number of thiophene rings is 1. The first-order valence-electron chi connectivity index (χ1n) is 26.3. The number of nitrogen functional groups attached to an aromatic ring is 1. The lowest BCUT2D eigenvalue weighted by Gasteiger charge is -2.35. The predicted molar refractivity (Wildman–Crippen MR) is 303 cm³/mol. The van der Waals surface area contributed by atoms with Gasteiger partial charge in [-0.3, -0.25) is 24.3 Å². The number of rotatable bonds is 15. The van der Waals surface area contributed by atoms with E-state index >= 15 is 0 Å². The molecule has 7 N–H and O–H groups in total. The number of aromatic nitrogens is 5. The van der Waals surface area contributed by atoms with Gasteiger partial charge in [-0.2, -0.15) is 4.68 Å². The fourth-order valence-electron chi connectivity index (χ4n) is 11.1. The molecule has 3 saturated heterocycles. The van der Waals surface area contributed by atoms with E-state index in [1.807, 2.05) is 85.1 Å². The van der Waals surface area contributed by atoms with Gasteiger partial charge in [-0.1, -0.05) is 78.1 Å². The number of hydrogen-bond donors (Lipinski definition) is 6. The predicted octanol–water partition coefficient (Wildman–Crippen LogP) is 8.57. The highest BCUT2D eigenvalue weighted by Gasteiger charge is 2.33. The molecule has 5 aromatic heterocycles. The maximum absolute atomic E-state index is 13.8. The van der Waals surface area contributed by atoms with E-state index < -0.39 is 5.56 Å². The maximum atomic E-state index is 13.8. The van der Waals surface area contributed by atoms with Crippen LogP contribution in [0.25, 0.3) is 37.9 Å². The second kappa shape index (κ2) is 21.9. The van der Waals surface area contributed by atoms with E-state index in [9.17, 15) is 19.2 Å². The van der Waals surface area contributed by atoms with E-state index in [4.69, 9.17) is 15.7 Å². The molecule has 0 saturated carbocycles. The molecule has 4 aliphatic rings. The minimum atomic E-state index is -0.420. The zero-order valence-corrected chi connectivity index (χ0v) is 44.9. The minimum Gasteiger partial charge on any atom is -0.397 e. The minimum absolute atomic E-state index is 0.0182. The van der Waals surface area contributed by atoms with Crippen LogP contribution < -0.4 is 37.5 Å². The number of carbonyl (C=O) groups is 3. The van der Waals surface area contributed by atoms with Crippen molar-refractivity contribution < 1.29 is 14.4 Å². The zero-order valence-electron chi connectivity index (χ0n) is 42.4. The molecule has 8 heterocycles. The number of piperazine rings is 1. The lowest BCUT2D eigenvalue weighted by Crippen LogP contribution is -2.51. The quantitative estimate of drug-likeness (QED) is 0.0532. The van der Waals surface area contributed by atoms with Crippen LogP contribution in [0.3, 0.4) is 0 Å². The van der Waals surface area contributed by atoms with Crippen molar-refractivity contribution in [2.24, 2.45) is 16.1 Å². The van der Waals surface area contributed by atoms with Gasteiger partial charge in [-0.25, -0.2) is 15.0 Å². The van der Waals surface area contributed by atoms with Gasteiger partial charge in [-0.15, -0.1) is 32.9 Å². The van der Waals surface area contributed by atoms with Crippen LogP contribution in [-0.4, -0.2) is 105 Å². The number of likely N-dealkylation sites (tertiary alicyclic amines) is 1. The monoisotopic (exact) mass is 1090 g/mol. The Morgan fingerprint density at radius 3 is 2.40 bits per heavy atom. The Bertz CT molecular complexity index is 3550. The first-order valence-corrected chi connectivity index (χ1v) is 28.8. The largest absolute Gasteiger partial charge is 0.397 e. The molecule has 3 fully saturated rings. The number of aryl methyl sites for hydroxylation is 1. The molecule has 0 radical (unpaired) electrons. The Balaban J connectivity index is 0.599. The highest BCUT2D eigenvalue weighted by Crippen LogP contribution is 2.36. The SMILES string of the molecule is C[C@H](NC(=O)C1CCN(CCNC(=O)c2cnc(N=Nc3c(-c4ccccc4)[nH]n(-c4nc(-c5ccccc5)cs4)c3=O)s2)CC1)c1ccc2c(N)c(C(=O)N[C@H]3CCc4cc(N5C[C@H]6CC[C@@H](C5)N6)ccc4C3)sc2n1. The topological polar surface area (TPSA) is 233 Å². The number of fused-ring (bicyclic) bond motifs is 4. The van der Waals surface area contributed by atoms with Crippen LogP contribution in [-0.2, 0) is 17.6 Å². The van der Waals surface area contributed by atoms with Crippen molar-refractivity contribution in [3.63, 3.8) is 0 Å². The number of nitrogens with one attached hydrogen (secondary N) is 5. The van der Waals surface area contributed by atoms with Crippen molar-refractivity contribution in [3.8, 4) is 27.6 Å². The van der Waals surface area contributed by atoms with Crippen molar-refractivity contribution in [3.05, 3.63) is 140 Å². The lowest BCUT2D eigenvalue weighted by molar-refractivity contribution is -0.127. The van der Waals surface area contributed by atoms with Gasteiger partial charge in [0, 0.05) is 77.8 Å². The summed E-state index contributed by atoms with van der Waals surface area (Å²) in [6.07, 6.45) is 7.92. The molecule has 3 aliphatic heterocycles. The summed E-state index contributed by atoms with van der Waals surface area (Å²) < 4.78 is 1.37. The smallest absolute Gasteiger partial charge is 0.301 e. The van der Waals surface area contributed by atoms with Crippen LogP contribution in [0.15, 0.2) is 118 Å². The van der Waals surface area contributed by atoms with E-state index in [-0.39, 0.29) is 46.5 Å². The van der Waals surface area contributed by atoms with Crippen molar-refractivity contribution in [1.29, 1.82) is 0 Å². The van der Waals surface area contributed by atoms with Crippen LogP contribution in [0.5, 0.6) is 0 Å². The summed E-state index contributed by atoms with van der Waals surface area (Å²) in [5, 5.41) is 28.3. The molecule has 1 aliphatic carbocycles. The van der Waals surface area contributed by atoms with Crippen molar-refractivity contribution >= 4 is 84.1 Å². The number of piperidine rings is 1. The Kier molecular flexibility index (Phi) is 14.3. The van der Waals surface area contributed by atoms with Gasteiger partial charge in [0.15, 0.2) is 5.69 Å². The van der Waals surface area contributed by atoms with Crippen LogP contribution in [0.2, 0.25) is 0 Å². The average molecular weight is 1090 g/mol. The summed E-state index contributed by atoms with van der Waals surface area (Å²) in [5.41, 5.74) is 14.3. The molecular weight excluding hydrogens is 1030 g/mol. The number of amides is 3. The summed E-state index contributed by atoms with van der Waals surface area (Å²) in [6.45, 7) is 6.51. The van der Waals surface area contributed by atoms with Crippen molar-refractivity contribution in [1.82, 2.24) is 50.9 Å². The number of anilines is 2. The third kappa shape index (κ3) is 10.8. The number of benzene rings is 3.